The summed E-state index contributed by atoms with van der Waals surface area (Å²) in [5.74, 6) is 0.0156. The molecule has 1 amide bonds. The van der Waals surface area contributed by atoms with Crippen molar-refractivity contribution in [2.24, 2.45) is 0 Å². The molecule has 23 heavy (non-hydrogen) atoms. The van der Waals surface area contributed by atoms with Crippen molar-refractivity contribution in [3.8, 4) is 0 Å². The third kappa shape index (κ3) is 2.97. The molecule has 3 aromatic rings. The lowest BCUT2D eigenvalue weighted by Crippen LogP contribution is -2.24. The van der Waals surface area contributed by atoms with Crippen LogP contribution in [-0.2, 0) is 6.54 Å². The van der Waals surface area contributed by atoms with E-state index in [1.165, 1.54) is 12.1 Å². The first-order valence-corrected chi connectivity index (χ1v) is 6.95. The fourth-order valence-electron chi connectivity index (χ4n) is 2.07. The van der Waals surface area contributed by atoms with Crippen molar-refractivity contribution in [1.82, 2.24) is 19.9 Å². The van der Waals surface area contributed by atoms with Gasteiger partial charge >= 0.3 is 0 Å². The topological polar surface area (TPSA) is 102 Å². The zero-order valence-electron chi connectivity index (χ0n) is 11.6. The smallest absolute Gasteiger partial charge is 0.270 e. The zero-order chi connectivity index (χ0) is 16.4. The van der Waals surface area contributed by atoms with Crippen LogP contribution in [0.1, 0.15) is 16.2 Å². The summed E-state index contributed by atoms with van der Waals surface area (Å²) in [6, 6.07) is 9.13. The van der Waals surface area contributed by atoms with Crippen molar-refractivity contribution in [2.75, 3.05) is 0 Å². The fraction of sp³-hybridized carbons (Fsp3) is 0.0714. The summed E-state index contributed by atoms with van der Waals surface area (Å²) in [5, 5.41) is 21.5. The van der Waals surface area contributed by atoms with Crippen LogP contribution in [0.5, 0.6) is 0 Å². The summed E-state index contributed by atoms with van der Waals surface area (Å²) in [5.41, 5.74) is 0.493. The molecule has 0 spiro atoms. The highest BCUT2D eigenvalue weighted by Crippen LogP contribution is 2.22. The third-order valence-corrected chi connectivity index (χ3v) is 3.53. The Hall–Kier alpha value is -3.00. The molecule has 0 aliphatic rings. The average Bonchev–Trinajstić information content (AvgIpc) is 2.96. The Morgan fingerprint density at radius 1 is 1.30 bits per heavy atom. The molecular weight excluding hydrogens is 322 g/mol. The van der Waals surface area contributed by atoms with Crippen LogP contribution in [-0.4, -0.2) is 25.4 Å². The van der Waals surface area contributed by atoms with Gasteiger partial charge in [0, 0.05) is 18.3 Å². The molecule has 1 N–H and O–H groups in total. The minimum atomic E-state index is -0.584. The molecule has 8 nitrogen and oxygen atoms in total. The Kier molecular flexibility index (Phi) is 3.90. The Balaban J connectivity index is 1.80. The number of nitrogens with one attached hydrogen (secondary N) is 1. The number of halogens is 1. The van der Waals surface area contributed by atoms with Gasteiger partial charge in [-0.25, -0.2) is 0 Å². The first kappa shape index (κ1) is 14.9. The van der Waals surface area contributed by atoms with Crippen molar-refractivity contribution in [3.05, 3.63) is 69.1 Å². The standard InChI is InChI=1S/C14H10ClN5O3/c15-11-5-4-9(20(22)23)7-10(11)14(21)16-8-13-18-17-12-3-1-2-6-19(12)13/h1-7H,8H2,(H,16,21). The predicted octanol–water partition coefficient (Wildman–Crippen LogP) is 2.22. The molecule has 0 aliphatic carbocycles. The van der Waals surface area contributed by atoms with Gasteiger partial charge in [-0.05, 0) is 18.2 Å². The van der Waals surface area contributed by atoms with Gasteiger partial charge in [0.2, 0.25) is 0 Å². The van der Waals surface area contributed by atoms with E-state index < -0.39 is 10.8 Å². The number of nitrogens with zero attached hydrogens (tertiary/aromatic N) is 4. The summed E-state index contributed by atoms with van der Waals surface area (Å²) in [6.07, 6.45) is 1.77. The molecule has 0 unspecified atom stereocenters. The Bertz CT molecular complexity index is 908. The number of hydrogen-bond acceptors (Lipinski definition) is 5. The lowest BCUT2D eigenvalue weighted by molar-refractivity contribution is -0.384. The van der Waals surface area contributed by atoms with Crippen molar-refractivity contribution >= 4 is 28.8 Å². The number of pyridine rings is 1. The molecule has 0 radical (unpaired) electrons. The highest BCUT2D eigenvalue weighted by atomic mass is 35.5. The van der Waals surface area contributed by atoms with E-state index in [-0.39, 0.29) is 22.8 Å². The van der Waals surface area contributed by atoms with Crippen LogP contribution < -0.4 is 5.32 Å². The maximum Gasteiger partial charge on any atom is 0.270 e. The van der Waals surface area contributed by atoms with Gasteiger partial charge in [0.05, 0.1) is 22.1 Å². The molecule has 9 heteroatoms. The van der Waals surface area contributed by atoms with E-state index in [4.69, 9.17) is 11.6 Å². The van der Waals surface area contributed by atoms with Gasteiger partial charge < -0.3 is 5.32 Å². The van der Waals surface area contributed by atoms with Gasteiger partial charge in [-0.1, -0.05) is 17.7 Å². The van der Waals surface area contributed by atoms with Crippen molar-refractivity contribution in [2.45, 2.75) is 6.54 Å². The number of fused-ring (bicyclic) bond motifs is 1. The second kappa shape index (κ2) is 6.01. The quantitative estimate of drug-likeness (QED) is 0.583. The van der Waals surface area contributed by atoms with E-state index in [1.54, 1.807) is 16.7 Å². The van der Waals surface area contributed by atoms with Gasteiger partial charge in [-0.2, -0.15) is 0 Å². The average molecular weight is 332 g/mol. The number of carbonyl (C=O) groups is 1. The number of amides is 1. The lowest BCUT2D eigenvalue weighted by atomic mass is 10.2. The molecule has 1 aromatic carbocycles. The third-order valence-electron chi connectivity index (χ3n) is 3.20. The largest absolute Gasteiger partial charge is 0.345 e. The number of non-ortho nitro benzene ring substituents is 1. The summed E-state index contributed by atoms with van der Waals surface area (Å²) in [6.45, 7) is 0.114. The first-order valence-electron chi connectivity index (χ1n) is 6.57. The van der Waals surface area contributed by atoms with Crippen LogP contribution in [0.15, 0.2) is 42.6 Å². The number of hydrogen-bond donors (Lipinski definition) is 1. The Morgan fingerprint density at radius 2 is 2.13 bits per heavy atom. The Morgan fingerprint density at radius 3 is 2.91 bits per heavy atom. The van der Waals surface area contributed by atoms with E-state index in [2.05, 4.69) is 15.5 Å². The van der Waals surface area contributed by atoms with Crippen LogP contribution in [0.2, 0.25) is 5.02 Å². The number of nitro benzene ring substituents is 1. The number of rotatable bonds is 4. The van der Waals surface area contributed by atoms with Crippen molar-refractivity contribution < 1.29 is 9.72 Å². The van der Waals surface area contributed by atoms with E-state index >= 15 is 0 Å². The minimum Gasteiger partial charge on any atom is -0.345 e. The molecule has 116 valence electrons. The van der Waals surface area contributed by atoms with Gasteiger partial charge in [-0.3, -0.25) is 19.3 Å². The van der Waals surface area contributed by atoms with Gasteiger partial charge in [0.25, 0.3) is 11.6 Å². The van der Waals surface area contributed by atoms with E-state index in [0.717, 1.165) is 6.07 Å². The van der Waals surface area contributed by atoms with Crippen LogP contribution in [0.3, 0.4) is 0 Å². The summed E-state index contributed by atoms with van der Waals surface area (Å²) in [7, 11) is 0. The molecule has 0 aliphatic heterocycles. The lowest BCUT2D eigenvalue weighted by Gasteiger charge is -2.06. The molecule has 2 aromatic heterocycles. The van der Waals surface area contributed by atoms with E-state index in [0.29, 0.717) is 11.5 Å². The van der Waals surface area contributed by atoms with Crippen LogP contribution in [0.25, 0.3) is 5.65 Å². The summed E-state index contributed by atoms with van der Waals surface area (Å²) in [4.78, 5) is 22.4. The predicted molar refractivity (Wildman–Crippen MR) is 82.3 cm³/mol. The minimum absolute atomic E-state index is 0.0367. The van der Waals surface area contributed by atoms with Gasteiger partial charge in [0.1, 0.15) is 0 Å². The summed E-state index contributed by atoms with van der Waals surface area (Å²) < 4.78 is 1.73. The van der Waals surface area contributed by atoms with E-state index in [9.17, 15) is 14.9 Å². The molecule has 0 saturated carbocycles. The number of aromatic nitrogens is 3. The van der Waals surface area contributed by atoms with Crippen LogP contribution in [0.4, 0.5) is 5.69 Å². The second-order valence-electron chi connectivity index (χ2n) is 4.65. The molecule has 0 fully saturated rings. The summed E-state index contributed by atoms with van der Waals surface area (Å²) >= 11 is 5.93. The molecule has 2 heterocycles. The molecule has 0 bridgehead atoms. The normalized spacial score (nSPS) is 10.7. The SMILES string of the molecule is O=C(NCc1nnc2ccccn12)c1cc([N+](=O)[O-])ccc1Cl. The highest BCUT2D eigenvalue weighted by molar-refractivity contribution is 6.33. The Labute approximate surface area is 134 Å². The molecule has 3 rings (SSSR count). The van der Waals surface area contributed by atoms with Crippen LogP contribution in [0, 0.1) is 10.1 Å². The maximum atomic E-state index is 12.2. The highest BCUT2D eigenvalue weighted by Gasteiger charge is 2.16. The molecular formula is C14H10ClN5O3. The van der Waals surface area contributed by atoms with Gasteiger partial charge in [0.15, 0.2) is 11.5 Å². The van der Waals surface area contributed by atoms with E-state index in [1.807, 2.05) is 12.1 Å². The second-order valence-corrected chi connectivity index (χ2v) is 5.06. The fourth-order valence-corrected chi connectivity index (χ4v) is 2.27. The van der Waals surface area contributed by atoms with Crippen molar-refractivity contribution in [1.29, 1.82) is 0 Å². The van der Waals surface area contributed by atoms with Gasteiger partial charge in [-0.15, -0.1) is 10.2 Å². The molecule has 0 atom stereocenters. The number of nitro groups is 1. The number of benzene rings is 1. The van der Waals surface area contributed by atoms with Crippen molar-refractivity contribution in [3.63, 3.8) is 0 Å². The monoisotopic (exact) mass is 331 g/mol. The first-order chi connectivity index (χ1) is 11.1. The van der Waals surface area contributed by atoms with Crippen LogP contribution >= 0.6 is 11.6 Å². The zero-order valence-corrected chi connectivity index (χ0v) is 12.4. The number of carbonyl (C=O) groups excluding carboxylic acids is 1. The molecule has 0 saturated heterocycles. The maximum absolute atomic E-state index is 12.2.